The van der Waals surface area contributed by atoms with E-state index >= 15 is 0 Å². The van der Waals surface area contributed by atoms with Crippen molar-refractivity contribution in [2.75, 3.05) is 13.2 Å². The number of hydrogen-bond donors (Lipinski definition) is 1. The molecule has 0 fully saturated rings. The average molecular weight is 314 g/mol. The molecule has 0 spiro atoms. The molecule has 0 aromatic heterocycles. The Labute approximate surface area is 123 Å². The Balaban J connectivity index is 3.29. The number of rotatable bonds is 7. The van der Waals surface area contributed by atoms with Crippen LogP contribution >= 0.6 is 0 Å². The summed E-state index contributed by atoms with van der Waals surface area (Å²) in [6.07, 6.45) is 1.42. The molecule has 0 aliphatic rings. The summed E-state index contributed by atoms with van der Waals surface area (Å²) in [7, 11) is -3.90. The van der Waals surface area contributed by atoms with Gasteiger partial charge in [0.25, 0.3) is 5.69 Å². The largest absolute Gasteiger partial charge is 0.394 e. The van der Waals surface area contributed by atoms with Gasteiger partial charge in [-0.15, -0.1) is 6.58 Å². The van der Waals surface area contributed by atoms with E-state index in [4.69, 9.17) is 0 Å². The molecule has 116 valence electrons. The molecule has 0 amide bonds. The van der Waals surface area contributed by atoms with Crippen LogP contribution in [-0.2, 0) is 10.0 Å². The quantitative estimate of drug-likeness (QED) is 0.467. The summed E-state index contributed by atoms with van der Waals surface area (Å²) in [5.74, 6) is 0. The summed E-state index contributed by atoms with van der Waals surface area (Å²) in [4.78, 5) is 9.93. The number of sulfonamides is 1. The van der Waals surface area contributed by atoms with Crippen molar-refractivity contribution in [2.24, 2.45) is 0 Å². The van der Waals surface area contributed by atoms with Crippen molar-refractivity contribution in [3.8, 4) is 0 Å². The van der Waals surface area contributed by atoms with Crippen LogP contribution in [0.5, 0.6) is 0 Å². The van der Waals surface area contributed by atoms with Gasteiger partial charge in [0.1, 0.15) is 0 Å². The summed E-state index contributed by atoms with van der Waals surface area (Å²) in [6.45, 7) is 6.33. The fraction of sp³-hybridized carbons (Fsp3) is 0.385. The molecular weight excluding hydrogens is 296 g/mol. The van der Waals surface area contributed by atoms with Gasteiger partial charge in [-0.25, -0.2) is 8.42 Å². The van der Waals surface area contributed by atoms with Crippen LogP contribution in [0.1, 0.15) is 13.8 Å². The van der Waals surface area contributed by atoms with Crippen molar-refractivity contribution in [3.63, 3.8) is 0 Å². The van der Waals surface area contributed by atoms with Crippen molar-refractivity contribution < 1.29 is 18.4 Å². The zero-order valence-corrected chi connectivity index (χ0v) is 12.7. The molecule has 0 aliphatic carbocycles. The number of aliphatic hydroxyl groups is 1. The molecule has 1 aromatic carbocycles. The van der Waals surface area contributed by atoms with E-state index in [1.165, 1.54) is 18.2 Å². The molecule has 0 aliphatic heterocycles. The SMILES string of the molecule is C=CCN(C(C)(C)CO)S(=O)(=O)c1ccc([N+](=O)[O-])cc1. The molecule has 21 heavy (non-hydrogen) atoms. The number of nitro groups is 1. The molecule has 1 N–H and O–H groups in total. The van der Waals surface area contributed by atoms with Crippen LogP contribution in [0.15, 0.2) is 41.8 Å². The molecule has 0 saturated carbocycles. The first-order chi connectivity index (χ1) is 9.66. The van der Waals surface area contributed by atoms with Gasteiger partial charge in [-0.2, -0.15) is 4.31 Å². The molecule has 0 atom stereocenters. The summed E-state index contributed by atoms with van der Waals surface area (Å²) in [6, 6.07) is 4.61. The smallest absolute Gasteiger partial charge is 0.269 e. The summed E-state index contributed by atoms with van der Waals surface area (Å²) in [5.41, 5.74) is -1.21. The van der Waals surface area contributed by atoms with Crippen LogP contribution in [-0.4, -0.2) is 41.4 Å². The van der Waals surface area contributed by atoms with Gasteiger partial charge in [0.2, 0.25) is 10.0 Å². The molecule has 8 heteroatoms. The molecule has 0 radical (unpaired) electrons. The van der Waals surface area contributed by atoms with Crippen LogP contribution in [0.25, 0.3) is 0 Å². The van der Waals surface area contributed by atoms with Gasteiger partial charge in [-0.05, 0) is 26.0 Å². The molecule has 1 rings (SSSR count). The van der Waals surface area contributed by atoms with Crippen molar-refractivity contribution >= 4 is 15.7 Å². The lowest BCUT2D eigenvalue weighted by molar-refractivity contribution is -0.384. The lowest BCUT2D eigenvalue weighted by Crippen LogP contribution is -2.50. The van der Waals surface area contributed by atoms with Gasteiger partial charge in [0.05, 0.1) is 22.0 Å². The van der Waals surface area contributed by atoms with Gasteiger partial charge in [-0.3, -0.25) is 10.1 Å². The topological polar surface area (TPSA) is 101 Å². The van der Waals surface area contributed by atoms with Gasteiger partial charge in [-0.1, -0.05) is 6.08 Å². The van der Waals surface area contributed by atoms with Crippen molar-refractivity contribution in [1.82, 2.24) is 4.31 Å². The minimum atomic E-state index is -3.90. The van der Waals surface area contributed by atoms with Crippen LogP contribution in [0.4, 0.5) is 5.69 Å². The normalized spacial score (nSPS) is 12.4. The second-order valence-electron chi connectivity index (χ2n) is 5.05. The Hall–Kier alpha value is -1.77. The first-order valence-electron chi connectivity index (χ1n) is 6.16. The van der Waals surface area contributed by atoms with Crippen LogP contribution in [0.2, 0.25) is 0 Å². The minimum absolute atomic E-state index is 0.0207. The van der Waals surface area contributed by atoms with Crippen molar-refractivity contribution in [3.05, 3.63) is 47.0 Å². The lowest BCUT2D eigenvalue weighted by Gasteiger charge is -2.35. The monoisotopic (exact) mass is 314 g/mol. The van der Waals surface area contributed by atoms with E-state index in [2.05, 4.69) is 6.58 Å². The average Bonchev–Trinajstić information content (AvgIpc) is 2.44. The third-order valence-corrected chi connectivity index (χ3v) is 5.08. The zero-order valence-electron chi connectivity index (χ0n) is 11.9. The fourth-order valence-electron chi connectivity index (χ4n) is 1.73. The second kappa shape index (κ2) is 6.33. The number of hydrogen-bond acceptors (Lipinski definition) is 5. The van der Waals surface area contributed by atoms with Gasteiger partial charge < -0.3 is 5.11 Å². The number of aliphatic hydroxyl groups excluding tert-OH is 1. The summed E-state index contributed by atoms with van der Waals surface area (Å²) < 4.78 is 26.3. The van der Waals surface area contributed by atoms with Crippen molar-refractivity contribution in [2.45, 2.75) is 24.3 Å². The number of nitrogens with zero attached hydrogens (tertiary/aromatic N) is 2. The number of non-ortho nitro benzene ring substituents is 1. The predicted molar refractivity (Wildman–Crippen MR) is 78.4 cm³/mol. The summed E-state index contributed by atoms with van der Waals surface area (Å²) >= 11 is 0. The number of benzene rings is 1. The Morgan fingerprint density at radius 1 is 1.38 bits per heavy atom. The maximum absolute atomic E-state index is 12.6. The minimum Gasteiger partial charge on any atom is -0.394 e. The molecule has 0 saturated heterocycles. The van der Waals surface area contributed by atoms with Gasteiger partial charge in [0.15, 0.2) is 0 Å². The van der Waals surface area contributed by atoms with Gasteiger partial charge >= 0.3 is 0 Å². The zero-order chi connectivity index (χ0) is 16.3. The number of nitro benzene ring substituents is 1. The Bertz CT molecular complexity index is 622. The maximum Gasteiger partial charge on any atom is 0.269 e. The van der Waals surface area contributed by atoms with Crippen molar-refractivity contribution in [1.29, 1.82) is 0 Å². The molecule has 1 aromatic rings. The standard InChI is InChI=1S/C13H18N2O5S/c1-4-9-14(13(2,3)10-16)21(19,20)12-7-5-11(6-8-12)15(17)18/h4-8,16H,1,9-10H2,2-3H3. The Kier molecular flexibility index (Phi) is 5.21. The van der Waals surface area contributed by atoms with Crippen LogP contribution in [0, 0.1) is 10.1 Å². The summed E-state index contributed by atoms with van der Waals surface area (Å²) in [5, 5.41) is 20.0. The fourth-order valence-corrected chi connectivity index (χ4v) is 3.48. The van der Waals surface area contributed by atoms with E-state index in [1.807, 2.05) is 0 Å². The lowest BCUT2D eigenvalue weighted by atomic mass is 10.1. The van der Waals surface area contributed by atoms with E-state index in [9.17, 15) is 23.6 Å². The first kappa shape index (κ1) is 17.3. The molecule has 7 nitrogen and oxygen atoms in total. The molecule has 0 heterocycles. The molecule has 0 bridgehead atoms. The Morgan fingerprint density at radius 2 is 1.90 bits per heavy atom. The van der Waals surface area contributed by atoms with E-state index in [0.29, 0.717) is 0 Å². The van der Waals surface area contributed by atoms with Crippen LogP contribution < -0.4 is 0 Å². The third-order valence-electron chi connectivity index (χ3n) is 2.99. The predicted octanol–water partition coefficient (Wildman–Crippen LogP) is 1.54. The first-order valence-corrected chi connectivity index (χ1v) is 7.60. The third kappa shape index (κ3) is 3.66. The van der Waals surface area contributed by atoms with E-state index in [0.717, 1.165) is 16.4 Å². The van der Waals surface area contributed by atoms with E-state index in [-0.39, 0.29) is 23.7 Å². The highest BCUT2D eigenvalue weighted by Gasteiger charge is 2.36. The maximum atomic E-state index is 12.6. The molecular formula is C13H18N2O5S. The highest BCUT2D eigenvalue weighted by atomic mass is 32.2. The highest BCUT2D eigenvalue weighted by molar-refractivity contribution is 7.89. The highest BCUT2D eigenvalue weighted by Crippen LogP contribution is 2.25. The van der Waals surface area contributed by atoms with Gasteiger partial charge in [0, 0.05) is 18.7 Å². The van der Waals surface area contributed by atoms with E-state index < -0.39 is 20.5 Å². The Morgan fingerprint density at radius 3 is 2.29 bits per heavy atom. The second-order valence-corrected chi connectivity index (χ2v) is 6.91. The van der Waals surface area contributed by atoms with E-state index in [1.54, 1.807) is 13.8 Å². The molecule has 0 unspecified atom stereocenters. The van der Waals surface area contributed by atoms with Crippen LogP contribution in [0.3, 0.4) is 0 Å².